The number of nitrogens with zero attached hydrogens (tertiary/aromatic N) is 4. The van der Waals surface area contributed by atoms with E-state index in [2.05, 4.69) is 26.5 Å². The molecule has 14 heteroatoms. The SMILES string of the molecule is CN=Nc1cc(OC)c(N=Nc2c(S(=O)(=O)[O-])cc3c[c-]cc(N)c3c2O)cc1OC.[Na+].[Na+]. The van der Waals surface area contributed by atoms with Crippen LogP contribution in [0.1, 0.15) is 0 Å². The predicted octanol–water partition coefficient (Wildman–Crippen LogP) is -2.01. The maximum absolute atomic E-state index is 11.8. The van der Waals surface area contributed by atoms with E-state index in [9.17, 15) is 18.1 Å². The van der Waals surface area contributed by atoms with Crippen molar-refractivity contribution in [3.05, 3.63) is 36.4 Å². The molecule has 0 aliphatic heterocycles. The van der Waals surface area contributed by atoms with Crippen molar-refractivity contribution in [1.82, 2.24) is 0 Å². The summed E-state index contributed by atoms with van der Waals surface area (Å²) in [6, 6.07) is 9.45. The number of phenolic OH excluding ortho intramolecular Hbond substituents is 1. The maximum Gasteiger partial charge on any atom is 1.00 e. The van der Waals surface area contributed by atoms with Crippen molar-refractivity contribution in [3.8, 4) is 17.2 Å². The Morgan fingerprint density at radius 2 is 1.58 bits per heavy atom. The van der Waals surface area contributed by atoms with Crippen LogP contribution in [0, 0.1) is 6.07 Å². The van der Waals surface area contributed by atoms with Gasteiger partial charge in [-0.2, -0.15) is 28.4 Å². The van der Waals surface area contributed by atoms with Gasteiger partial charge in [0.2, 0.25) is 0 Å². The monoisotopic (exact) mass is 489 g/mol. The Morgan fingerprint density at radius 1 is 1.00 bits per heavy atom. The van der Waals surface area contributed by atoms with Crippen LogP contribution >= 0.6 is 0 Å². The minimum atomic E-state index is -5.01. The molecular weight excluding hydrogens is 472 g/mol. The molecule has 0 spiro atoms. The van der Waals surface area contributed by atoms with Gasteiger partial charge in [-0.3, -0.25) is 0 Å². The number of hydrogen-bond acceptors (Lipinski definition) is 11. The van der Waals surface area contributed by atoms with Crippen molar-refractivity contribution in [2.75, 3.05) is 27.0 Å². The van der Waals surface area contributed by atoms with Gasteiger partial charge in [-0.25, -0.2) is 8.42 Å². The maximum atomic E-state index is 11.8. The van der Waals surface area contributed by atoms with Gasteiger partial charge in [0.05, 0.1) is 19.1 Å². The van der Waals surface area contributed by atoms with E-state index in [0.29, 0.717) is 11.4 Å². The molecule has 0 aliphatic carbocycles. The molecule has 0 atom stereocenters. The van der Waals surface area contributed by atoms with Gasteiger partial charge in [0.1, 0.15) is 44.4 Å². The van der Waals surface area contributed by atoms with Crippen LogP contribution in [0.5, 0.6) is 17.2 Å². The van der Waals surface area contributed by atoms with Crippen molar-refractivity contribution in [2.45, 2.75) is 4.90 Å². The van der Waals surface area contributed by atoms with E-state index in [0.717, 1.165) is 6.07 Å². The quantitative estimate of drug-likeness (QED) is 0.132. The van der Waals surface area contributed by atoms with Gasteiger partial charge in [-0.1, -0.05) is 17.1 Å². The fourth-order valence-corrected chi connectivity index (χ4v) is 3.53. The summed E-state index contributed by atoms with van der Waals surface area (Å²) in [4.78, 5) is -0.761. The first kappa shape index (κ1) is 29.3. The Balaban J connectivity index is 0.00000272. The van der Waals surface area contributed by atoms with Gasteiger partial charge in [-0.05, 0) is 0 Å². The third-order valence-electron chi connectivity index (χ3n) is 4.25. The van der Waals surface area contributed by atoms with Gasteiger partial charge >= 0.3 is 59.1 Å². The number of azo groups is 2. The fourth-order valence-electron chi connectivity index (χ4n) is 2.88. The second kappa shape index (κ2) is 12.1. The Bertz CT molecular complexity index is 1330. The first-order valence-electron chi connectivity index (χ1n) is 8.60. The molecule has 0 fully saturated rings. The molecule has 3 N–H and O–H groups in total. The van der Waals surface area contributed by atoms with Crippen LogP contribution in [-0.4, -0.2) is 39.3 Å². The van der Waals surface area contributed by atoms with Crippen molar-refractivity contribution >= 4 is 43.6 Å². The number of methoxy groups -OCH3 is 2. The van der Waals surface area contributed by atoms with Gasteiger partial charge in [0, 0.05) is 19.2 Å². The molecule has 0 aromatic heterocycles. The van der Waals surface area contributed by atoms with Crippen LogP contribution in [-0.2, 0) is 10.1 Å². The van der Waals surface area contributed by atoms with E-state index in [-0.39, 0.29) is 87.0 Å². The van der Waals surface area contributed by atoms with Crippen LogP contribution in [0.2, 0.25) is 0 Å². The van der Waals surface area contributed by atoms with Gasteiger partial charge in [0.25, 0.3) is 0 Å². The van der Waals surface area contributed by atoms with Gasteiger partial charge in [-0.15, -0.1) is 15.6 Å². The number of aromatic hydroxyl groups is 1. The van der Waals surface area contributed by atoms with Gasteiger partial charge < -0.3 is 24.9 Å². The molecule has 0 amide bonds. The van der Waals surface area contributed by atoms with Crippen LogP contribution in [0.3, 0.4) is 0 Å². The third-order valence-corrected chi connectivity index (χ3v) is 5.10. The minimum Gasteiger partial charge on any atom is -0.744 e. The van der Waals surface area contributed by atoms with Crippen LogP contribution in [0.4, 0.5) is 22.7 Å². The summed E-state index contributed by atoms with van der Waals surface area (Å²) in [6.07, 6.45) is 0. The van der Waals surface area contributed by atoms with Crippen LogP contribution in [0.25, 0.3) is 10.8 Å². The standard InChI is InChI=1S/C19H18N5O6S.2Na/c1-21-22-12-8-15(30-3)13(9-14(12)29-2)23-24-18-16(31(26,27)28)7-10-5-4-6-11(20)17(10)19(18)25;;/h5-9,25H,20H2,1-3H3,(H,26,27,28);;/q-1;2*+1/p-1. The van der Waals surface area contributed by atoms with Crippen molar-refractivity contribution in [1.29, 1.82) is 0 Å². The van der Waals surface area contributed by atoms with Crippen LogP contribution < -0.4 is 74.3 Å². The minimum absolute atomic E-state index is 0. The molecule has 11 nitrogen and oxygen atoms in total. The Kier molecular flexibility index (Phi) is 10.7. The van der Waals surface area contributed by atoms with E-state index in [1.165, 1.54) is 45.5 Å². The molecule has 3 rings (SSSR count). The van der Waals surface area contributed by atoms with Crippen LogP contribution in [0.15, 0.2) is 55.7 Å². The summed E-state index contributed by atoms with van der Waals surface area (Å²) in [7, 11) is -0.734. The number of benzene rings is 3. The average molecular weight is 489 g/mol. The van der Waals surface area contributed by atoms with Crippen molar-refractivity contribution in [2.24, 2.45) is 20.5 Å². The topological polar surface area (TPSA) is 171 Å². The molecule has 0 radical (unpaired) electrons. The summed E-state index contributed by atoms with van der Waals surface area (Å²) in [5.41, 5.74) is 5.92. The number of anilines is 1. The normalized spacial score (nSPS) is 11.4. The molecule has 3 aromatic carbocycles. The summed E-state index contributed by atoms with van der Waals surface area (Å²) in [6.45, 7) is 0. The zero-order chi connectivity index (χ0) is 22.8. The molecule has 0 saturated carbocycles. The summed E-state index contributed by atoms with van der Waals surface area (Å²) in [5, 5.41) is 26.4. The first-order valence-corrected chi connectivity index (χ1v) is 10.0. The second-order valence-corrected chi connectivity index (χ2v) is 7.44. The number of ether oxygens (including phenoxy) is 2. The third kappa shape index (κ3) is 6.22. The van der Waals surface area contributed by atoms with Gasteiger partial charge in [0.15, 0.2) is 0 Å². The zero-order valence-electron chi connectivity index (χ0n) is 18.6. The molecule has 0 aliphatic rings. The molecule has 3 aromatic rings. The molecule has 33 heavy (non-hydrogen) atoms. The number of nitrogens with two attached hydrogens (primary N) is 1. The molecular formula is C19H17N5Na2O6S. The number of phenols is 1. The largest absolute Gasteiger partial charge is 1.00 e. The molecule has 0 bridgehead atoms. The summed E-state index contributed by atoms with van der Waals surface area (Å²) >= 11 is 0. The average Bonchev–Trinajstić information content (AvgIpc) is 2.72. The predicted molar refractivity (Wildman–Crippen MR) is 111 cm³/mol. The van der Waals surface area contributed by atoms with E-state index in [1.807, 2.05) is 0 Å². The molecule has 0 unspecified atom stereocenters. The summed E-state index contributed by atoms with van der Waals surface area (Å²) in [5.74, 6) is -0.100. The molecule has 162 valence electrons. The Labute approximate surface area is 234 Å². The van der Waals surface area contributed by atoms with E-state index >= 15 is 0 Å². The number of fused-ring (bicyclic) bond motifs is 1. The number of hydrogen-bond donors (Lipinski definition) is 2. The smallest absolute Gasteiger partial charge is 0.744 e. The second-order valence-electron chi connectivity index (χ2n) is 6.10. The number of rotatable bonds is 6. The van der Waals surface area contributed by atoms with E-state index in [4.69, 9.17) is 15.2 Å². The number of nitrogen functional groups attached to an aromatic ring is 1. The zero-order valence-corrected chi connectivity index (χ0v) is 23.5. The first-order chi connectivity index (χ1) is 14.7. The Hall–Kier alpha value is -1.77. The van der Waals surface area contributed by atoms with E-state index < -0.39 is 26.5 Å². The molecule has 0 saturated heterocycles. The molecule has 0 heterocycles. The fraction of sp³-hybridized carbons (Fsp3) is 0.158. The van der Waals surface area contributed by atoms with E-state index in [1.54, 1.807) is 0 Å². The summed E-state index contributed by atoms with van der Waals surface area (Å²) < 4.78 is 45.9. The Morgan fingerprint density at radius 3 is 2.09 bits per heavy atom. The van der Waals surface area contributed by atoms with Crippen molar-refractivity contribution < 1.29 is 86.7 Å². The van der Waals surface area contributed by atoms with Crippen molar-refractivity contribution in [3.63, 3.8) is 0 Å².